The molecule has 1 aliphatic rings. The fraction of sp³-hybridized carbons (Fsp3) is 0.350. The number of amides is 1. The van der Waals surface area contributed by atoms with Gasteiger partial charge in [0.15, 0.2) is 12.2 Å². The third kappa shape index (κ3) is 3.86. The van der Waals surface area contributed by atoms with Crippen LogP contribution >= 0.6 is 0 Å². The zero-order valence-corrected chi connectivity index (χ0v) is 15.5. The number of hydrogen-bond donors (Lipinski definition) is 0. The van der Waals surface area contributed by atoms with Crippen molar-refractivity contribution >= 4 is 23.2 Å². The van der Waals surface area contributed by atoms with Crippen molar-refractivity contribution in [2.45, 2.75) is 13.8 Å². The lowest BCUT2D eigenvalue weighted by molar-refractivity contribution is -0.133. The van der Waals surface area contributed by atoms with Gasteiger partial charge in [-0.25, -0.2) is 4.98 Å². The Kier molecular flexibility index (Phi) is 4.66. The second-order valence-corrected chi connectivity index (χ2v) is 6.74. The third-order valence-electron chi connectivity index (χ3n) is 4.64. The van der Waals surface area contributed by atoms with Gasteiger partial charge in [0.05, 0.1) is 0 Å². The molecular weight excluding hydrogens is 344 g/mol. The smallest absolute Gasteiger partial charge is 0.300 e. The van der Waals surface area contributed by atoms with E-state index in [4.69, 9.17) is 9.15 Å². The van der Waals surface area contributed by atoms with E-state index in [1.54, 1.807) is 0 Å². The zero-order chi connectivity index (χ0) is 18.8. The van der Waals surface area contributed by atoms with E-state index < -0.39 is 0 Å². The predicted octanol–water partition coefficient (Wildman–Crippen LogP) is 2.57. The van der Waals surface area contributed by atoms with Gasteiger partial charge in [-0.2, -0.15) is 4.98 Å². The van der Waals surface area contributed by atoms with Gasteiger partial charge in [0.2, 0.25) is 5.65 Å². The first-order chi connectivity index (χ1) is 13.1. The summed E-state index contributed by atoms with van der Waals surface area (Å²) in [5, 5.41) is 0. The first-order valence-electron chi connectivity index (χ1n) is 9.05. The molecule has 0 bridgehead atoms. The van der Waals surface area contributed by atoms with E-state index in [-0.39, 0.29) is 12.5 Å². The summed E-state index contributed by atoms with van der Waals surface area (Å²) in [4.78, 5) is 25.1. The van der Waals surface area contributed by atoms with E-state index in [1.807, 2.05) is 60.0 Å². The van der Waals surface area contributed by atoms with Crippen molar-refractivity contribution in [2.24, 2.45) is 0 Å². The number of nitrogens with zero attached hydrogens (tertiary/aromatic N) is 4. The highest BCUT2D eigenvalue weighted by Crippen LogP contribution is 2.22. The number of aromatic nitrogens is 2. The Balaban J connectivity index is 1.33. The van der Waals surface area contributed by atoms with Gasteiger partial charge in [0, 0.05) is 31.9 Å². The number of pyridine rings is 1. The Labute approximate surface area is 157 Å². The van der Waals surface area contributed by atoms with Gasteiger partial charge < -0.3 is 19.0 Å². The van der Waals surface area contributed by atoms with Gasteiger partial charge in [-0.05, 0) is 43.7 Å². The molecule has 2 aromatic heterocycles. The van der Waals surface area contributed by atoms with Crippen molar-refractivity contribution < 1.29 is 13.9 Å². The maximum atomic E-state index is 12.4. The lowest BCUT2D eigenvalue weighted by Crippen LogP contribution is -2.50. The number of fused-ring (bicyclic) bond motifs is 1. The topological polar surface area (TPSA) is 71.7 Å². The minimum Gasteiger partial charge on any atom is -0.484 e. The second-order valence-electron chi connectivity index (χ2n) is 6.74. The average molecular weight is 366 g/mol. The summed E-state index contributed by atoms with van der Waals surface area (Å²) in [6.45, 7) is 6.54. The highest BCUT2D eigenvalue weighted by Gasteiger charge is 2.24. The van der Waals surface area contributed by atoms with Crippen LogP contribution in [0.3, 0.4) is 0 Å². The molecule has 7 heteroatoms. The quantitative estimate of drug-likeness (QED) is 0.707. The molecule has 0 spiro atoms. The summed E-state index contributed by atoms with van der Waals surface area (Å²) in [5.74, 6) is 0.710. The summed E-state index contributed by atoms with van der Waals surface area (Å²) < 4.78 is 11.4. The van der Waals surface area contributed by atoms with Crippen LogP contribution in [0, 0.1) is 13.8 Å². The van der Waals surface area contributed by atoms with Crippen LogP contribution in [-0.2, 0) is 4.79 Å². The summed E-state index contributed by atoms with van der Waals surface area (Å²) in [6, 6.07) is 12.1. The van der Waals surface area contributed by atoms with E-state index in [9.17, 15) is 4.79 Å². The zero-order valence-electron chi connectivity index (χ0n) is 15.5. The summed E-state index contributed by atoms with van der Waals surface area (Å²) in [7, 11) is 0. The van der Waals surface area contributed by atoms with E-state index >= 15 is 0 Å². The molecule has 1 aliphatic heterocycles. The summed E-state index contributed by atoms with van der Waals surface area (Å²) >= 11 is 0. The highest BCUT2D eigenvalue weighted by atomic mass is 16.5. The van der Waals surface area contributed by atoms with E-state index in [0.717, 1.165) is 17.0 Å². The van der Waals surface area contributed by atoms with Crippen LogP contribution in [0.5, 0.6) is 5.75 Å². The molecule has 1 fully saturated rings. The molecule has 0 saturated carbocycles. The SMILES string of the molecule is Cc1cccc(OCC(=O)N2CCN(c3nc4nc(C)ccc4o3)CC2)c1. The Morgan fingerprint density at radius 3 is 2.70 bits per heavy atom. The minimum atomic E-state index is -0.00832. The number of piperazine rings is 1. The van der Waals surface area contributed by atoms with Crippen LogP contribution in [-0.4, -0.2) is 53.6 Å². The molecule has 0 unspecified atom stereocenters. The summed E-state index contributed by atoms with van der Waals surface area (Å²) in [6.07, 6.45) is 0. The number of aryl methyl sites for hydroxylation is 2. The van der Waals surface area contributed by atoms with Crippen molar-refractivity contribution in [1.82, 2.24) is 14.9 Å². The number of benzene rings is 1. The lowest BCUT2D eigenvalue weighted by Gasteiger charge is -2.33. The molecule has 3 aromatic rings. The van der Waals surface area contributed by atoms with Crippen molar-refractivity contribution in [3.63, 3.8) is 0 Å². The van der Waals surface area contributed by atoms with Gasteiger partial charge in [-0.1, -0.05) is 12.1 Å². The predicted molar refractivity (Wildman–Crippen MR) is 102 cm³/mol. The normalized spacial score (nSPS) is 14.6. The Hall–Kier alpha value is -3.09. The maximum Gasteiger partial charge on any atom is 0.300 e. The largest absolute Gasteiger partial charge is 0.484 e. The number of hydrogen-bond acceptors (Lipinski definition) is 6. The van der Waals surface area contributed by atoms with Crippen molar-refractivity contribution in [3.8, 4) is 5.75 Å². The van der Waals surface area contributed by atoms with Crippen molar-refractivity contribution in [1.29, 1.82) is 0 Å². The van der Waals surface area contributed by atoms with E-state index in [0.29, 0.717) is 43.4 Å². The Morgan fingerprint density at radius 2 is 1.93 bits per heavy atom. The molecule has 0 atom stereocenters. The fourth-order valence-corrected chi connectivity index (χ4v) is 3.13. The lowest BCUT2D eigenvalue weighted by atomic mass is 10.2. The van der Waals surface area contributed by atoms with Crippen LogP contribution in [0.1, 0.15) is 11.3 Å². The standard InChI is InChI=1S/C20H22N4O3/c1-14-4-3-5-16(12-14)26-13-18(25)23-8-10-24(11-9-23)20-22-19-17(27-20)7-6-15(2)21-19/h3-7,12H,8-11,13H2,1-2H3. The molecule has 1 amide bonds. The molecule has 7 nitrogen and oxygen atoms in total. The molecule has 3 heterocycles. The molecule has 27 heavy (non-hydrogen) atoms. The number of rotatable bonds is 4. The van der Waals surface area contributed by atoms with Crippen LogP contribution in [0.2, 0.25) is 0 Å². The Morgan fingerprint density at radius 1 is 1.11 bits per heavy atom. The van der Waals surface area contributed by atoms with Crippen LogP contribution in [0.25, 0.3) is 11.2 Å². The number of oxazole rings is 1. The number of carbonyl (C=O) groups excluding carboxylic acids is 1. The van der Waals surface area contributed by atoms with Crippen molar-refractivity contribution in [2.75, 3.05) is 37.7 Å². The number of ether oxygens (including phenoxy) is 1. The Bertz CT molecular complexity index is 961. The van der Waals surface area contributed by atoms with Gasteiger partial charge >= 0.3 is 0 Å². The minimum absolute atomic E-state index is 0.00832. The molecule has 140 valence electrons. The molecule has 1 saturated heterocycles. The molecule has 4 rings (SSSR count). The van der Waals surface area contributed by atoms with Crippen LogP contribution in [0.4, 0.5) is 6.01 Å². The molecule has 0 N–H and O–H groups in total. The molecule has 0 aliphatic carbocycles. The molecular formula is C20H22N4O3. The summed E-state index contributed by atoms with van der Waals surface area (Å²) in [5.41, 5.74) is 3.32. The van der Waals surface area contributed by atoms with Crippen molar-refractivity contribution in [3.05, 3.63) is 47.7 Å². The number of anilines is 1. The monoisotopic (exact) mass is 366 g/mol. The average Bonchev–Trinajstić information content (AvgIpc) is 3.09. The third-order valence-corrected chi connectivity index (χ3v) is 4.64. The van der Waals surface area contributed by atoms with E-state index in [2.05, 4.69) is 9.97 Å². The first kappa shape index (κ1) is 17.3. The van der Waals surface area contributed by atoms with Gasteiger partial charge in [-0.3, -0.25) is 4.79 Å². The van der Waals surface area contributed by atoms with Gasteiger partial charge in [0.1, 0.15) is 5.75 Å². The van der Waals surface area contributed by atoms with Gasteiger partial charge in [-0.15, -0.1) is 0 Å². The number of carbonyl (C=O) groups is 1. The first-order valence-corrected chi connectivity index (χ1v) is 9.05. The molecule has 0 radical (unpaired) electrons. The van der Waals surface area contributed by atoms with Gasteiger partial charge in [0.25, 0.3) is 11.9 Å². The van der Waals surface area contributed by atoms with E-state index in [1.165, 1.54) is 0 Å². The second kappa shape index (κ2) is 7.26. The highest BCUT2D eigenvalue weighted by molar-refractivity contribution is 5.78. The van der Waals surface area contributed by atoms with Crippen LogP contribution in [0.15, 0.2) is 40.8 Å². The maximum absolute atomic E-state index is 12.4. The fourth-order valence-electron chi connectivity index (χ4n) is 3.13. The van der Waals surface area contributed by atoms with Crippen LogP contribution < -0.4 is 9.64 Å². The molecule has 1 aromatic carbocycles.